The Morgan fingerprint density at radius 2 is 1.82 bits per heavy atom. The number of benzene rings is 2. The molecule has 1 aliphatic rings. The van der Waals surface area contributed by atoms with Crippen molar-refractivity contribution in [3.63, 3.8) is 0 Å². The summed E-state index contributed by atoms with van der Waals surface area (Å²) in [5.74, 6) is -0.239. The summed E-state index contributed by atoms with van der Waals surface area (Å²) in [5, 5.41) is 9.00. The van der Waals surface area contributed by atoms with Gasteiger partial charge in [-0.15, -0.1) is 0 Å². The number of anilines is 2. The molecule has 4 aromatic rings. The van der Waals surface area contributed by atoms with Crippen LogP contribution < -0.4 is 20.7 Å². The molecule has 1 fully saturated rings. The fourth-order valence-corrected chi connectivity index (χ4v) is 4.93. The molecular weight excluding hydrogens is 519 g/mol. The molecule has 2 aromatic heterocycles. The van der Waals surface area contributed by atoms with E-state index >= 15 is 0 Å². The summed E-state index contributed by atoms with van der Waals surface area (Å²) in [6.07, 6.45) is 2.82. The van der Waals surface area contributed by atoms with Crippen LogP contribution in [0.5, 0.6) is 5.75 Å². The second kappa shape index (κ2) is 11.0. The normalized spacial score (nSPS) is 18.2. The minimum absolute atomic E-state index is 0.0882. The summed E-state index contributed by atoms with van der Waals surface area (Å²) in [4.78, 5) is 21.4. The summed E-state index contributed by atoms with van der Waals surface area (Å²) in [5.41, 5.74) is 1.39. The van der Waals surface area contributed by atoms with Gasteiger partial charge in [-0.05, 0) is 50.1 Å². The standard InChI is InChI=1S/C30H30F3N5O2/c1-17-22(23-11-27(25(32)12-24(23)31)38-29(39)37-20-14-30(2,33)15-20)10-19-16-35-28(13-26(19)36-17)34-9-8-18-4-6-21(40-3)7-5-18/h4-7,10-13,16,20H,8-9,14-15H2,1-3H3,(H,34,35)(H2,37,38,39). The van der Waals surface area contributed by atoms with Crippen LogP contribution in [-0.4, -0.2) is 41.4 Å². The number of alkyl halides is 1. The lowest BCUT2D eigenvalue weighted by molar-refractivity contribution is 0.0534. The second-order valence-corrected chi connectivity index (χ2v) is 10.3. The number of halogens is 3. The van der Waals surface area contributed by atoms with Crippen LogP contribution in [-0.2, 0) is 6.42 Å². The van der Waals surface area contributed by atoms with Crippen molar-refractivity contribution < 1.29 is 22.7 Å². The van der Waals surface area contributed by atoms with Gasteiger partial charge in [-0.25, -0.2) is 22.9 Å². The van der Waals surface area contributed by atoms with Crippen LogP contribution >= 0.6 is 0 Å². The molecule has 2 aromatic carbocycles. The Labute approximate surface area is 230 Å². The van der Waals surface area contributed by atoms with Gasteiger partial charge in [-0.3, -0.25) is 4.98 Å². The van der Waals surface area contributed by atoms with E-state index in [1.165, 1.54) is 13.0 Å². The van der Waals surface area contributed by atoms with Crippen molar-refractivity contribution in [1.82, 2.24) is 15.3 Å². The molecule has 0 aliphatic heterocycles. The van der Waals surface area contributed by atoms with E-state index in [4.69, 9.17) is 4.74 Å². The Kier molecular flexibility index (Phi) is 7.51. The van der Waals surface area contributed by atoms with Gasteiger partial charge < -0.3 is 20.7 Å². The van der Waals surface area contributed by atoms with Crippen molar-refractivity contribution >= 4 is 28.4 Å². The van der Waals surface area contributed by atoms with Gasteiger partial charge in [-0.1, -0.05) is 12.1 Å². The number of carbonyl (C=O) groups excluding carboxylic acids is 1. The van der Waals surface area contributed by atoms with Crippen molar-refractivity contribution in [3.8, 4) is 16.9 Å². The Bertz CT molecular complexity index is 1550. The van der Waals surface area contributed by atoms with E-state index in [1.807, 2.05) is 30.3 Å². The van der Waals surface area contributed by atoms with Crippen LogP contribution in [0.15, 0.2) is 54.7 Å². The van der Waals surface area contributed by atoms with Crippen LogP contribution in [0, 0.1) is 18.6 Å². The molecular formula is C30H30F3N5O2. The average Bonchev–Trinajstić information content (AvgIpc) is 2.89. The van der Waals surface area contributed by atoms with Gasteiger partial charge in [0.2, 0.25) is 0 Å². The highest BCUT2D eigenvalue weighted by atomic mass is 19.1. The molecule has 7 nitrogen and oxygen atoms in total. The summed E-state index contributed by atoms with van der Waals surface area (Å²) < 4.78 is 48.3. The van der Waals surface area contributed by atoms with Crippen molar-refractivity contribution in [2.24, 2.45) is 0 Å². The highest BCUT2D eigenvalue weighted by molar-refractivity contribution is 5.91. The quantitative estimate of drug-likeness (QED) is 0.232. The largest absolute Gasteiger partial charge is 0.497 e. The molecule has 0 saturated heterocycles. The van der Waals surface area contributed by atoms with E-state index in [1.54, 1.807) is 26.3 Å². The third kappa shape index (κ3) is 6.11. The number of hydrogen-bond donors (Lipinski definition) is 3. The molecule has 40 heavy (non-hydrogen) atoms. The lowest BCUT2D eigenvalue weighted by Crippen LogP contribution is -2.52. The monoisotopic (exact) mass is 549 g/mol. The van der Waals surface area contributed by atoms with Gasteiger partial charge in [0, 0.05) is 66.0 Å². The molecule has 0 radical (unpaired) electrons. The molecule has 5 rings (SSSR count). The van der Waals surface area contributed by atoms with E-state index in [2.05, 4.69) is 25.9 Å². The molecule has 0 atom stereocenters. The van der Waals surface area contributed by atoms with E-state index in [9.17, 15) is 18.0 Å². The number of aromatic nitrogens is 2. The number of methoxy groups -OCH3 is 1. The Morgan fingerprint density at radius 1 is 1.07 bits per heavy atom. The lowest BCUT2D eigenvalue weighted by atomic mass is 9.79. The minimum Gasteiger partial charge on any atom is -0.497 e. The third-order valence-corrected chi connectivity index (χ3v) is 7.04. The topological polar surface area (TPSA) is 88.2 Å². The first-order chi connectivity index (χ1) is 19.1. The minimum atomic E-state index is -1.31. The first-order valence-corrected chi connectivity index (χ1v) is 13.0. The second-order valence-electron chi connectivity index (χ2n) is 10.3. The van der Waals surface area contributed by atoms with E-state index in [0.717, 1.165) is 23.8 Å². The molecule has 0 unspecified atom stereocenters. The highest BCUT2D eigenvalue weighted by Crippen LogP contribution is 2.36. The van der Waals surface area contributed by atoms with Crippen molar-refractivity contribution in [3.05, 3.63) is 77.6 Å². The molecule has 2 heterocycles. The molecule has 0 spiro atoms. The lowest BCUT2D eigenvalue weighted by Gasteiger charge is -2.38. The summed E-state index contributed by atoms with van der Waals surface area (Å²) in [7, 11) is 1.63. The van der Waals surface area contributed by atoms with Crippen LogP contribution in [0.4, 0.5) is 29.5 Å². The fourth-order valence-electron chi connectivity index (χ4n) is 4.93. The van der Waals surface area contributed by atoms with Crippen molar-refractivity contribution in [2.75, 3.05) is 24.3 Å². The first kappa shape index (κ1) is 27.2. The number of amides is 2. The molecule has 2 amide bonds. The molecule has 1 aliphatic carbocycles. The highest BCUT2D eigenvalue weighted by Gasteiger charge is 2.41. The van der Waals surface area contributed by atoms with Crippen molar-refractivity contribution in [2.45, 2.75) is 44.8 Å². The Balaban J connectivity index is 1.30. The molecule has 0 bridgehead atoms. The number of urea groups is 1. The number of nitrogens with one attached hydrogen (secondary N) is 3. The predicted molar refractivity (Wildman–Crippen MR) is 150 cm³/mol. The predicted octanol–water partition coefficient (Wildman–Crippen LogP) is 6.56. The molecule has 10 heteroatoms. The van der Waals surface area contributed by atoms with Crippen LogP contribution in [0.1, 0.15) is 31.0 Å². The number of carbonyl (C=O) groups is 1. The van der Waals surface area contributed by atoms with E-state index in [0.29, 0.717) is 34.5 Å². The maximum Gasteiger partial charge on any atom is 0.319 e. The summed E-state index contributed by atoms with van der Waals surface area (Å²) in [6, 6.07) is 12.4. The van der Waals surface area contributed by atoms with Crippen LogP contribution in [0.2, 0.25) is 0 Å². The average molecular weight is 550 g/mol. The summed E-state index contributed by atoms with van der Waals surface area (Å²) >= 11 is 0. The maximum absolute atomic E-state index is 14.9. The van der Waals surface area contributed by atoms with Gasteiger partial charge in [-0.2, -0.15) is 0 Å². The number of hydrogen-bond acceptors (Lipinski definition) is 5. The van der Waals surface area contributed by atoms with Crippen molar-refractivity contribution in [1.29, 1.82) is 0 Å². The number of fused-ring (bicyclic) bond motifs is 1. The van der Waals surface area contributed by atoms with Gasteiger partial charge >= 0.3 is 6.03 Å². The molecule has 1 saturated carbocycles. The van der Waals surface area contributed by atoms with Gasteiger partial charge in [0.25, 0.3) is 0 Å². The number of pyridine rings is 2. The Morgan fingerprint density at radius 3 is 2.52 bits per heavy atom. The smallest absolute Gasteiger partial charge is 0.319 e. The van der Waals surface area contributed by atoms with Gasteiger partial charge in [0.15, 0.2) is 0 Å². The van der Waals surface area contributed by atoms with E-state index < -0.39 is 23.3 Å². The van der Waals surface area contributed by atoms with E-state index in [-0.39, 0.29) is 30.1 Å². The summed E-state index contributed by atoms with van der Waals surface area (Å²) in [6.45, 7) is 3.87. The number of rotatable bonds is 8. The fraction of sp³-hybridized carbons (Fsp3) is 0.300. The third-order valence-electron chi connectivity index (χ3n) is 7.04. The zero-order valence-corrected chi connectivity index (χ0v) is 22.4. The first-order valence-electron chi connectivity index (χ1n) is 13.0. The SMILES string of the molecule is COc1ccc(CCNc2cc3nc(C)c(-c4cc(NC(=O)NC5CC(C)(F)C5)c(F)cc4F)cc3cn2)cc1. The van der Waals surface area contributed by atoms with Crippen LogP contribution in [0.3, 0.4) is 0 Å². The van der Waals surface area contributed by atoms with Crippen LogP contribution in [0.25, 0.3) is 22.0 Å². The molecule has 3 N–H and O–H groups in total. The van der Waals surface area contributed by atoms with Gasteiger partial charge in [0.05, 0.1) is 18.3 Å². The number of ether oxygens (including phenoxy) is 1. The molecule has 208 valence electrons. The Hall–Kier alpha value is -4.34. The number of nitrogens with zero attached hydrogens (tertiary/aromatic N) is 2. The van der Waals surface area contributed by atoms with Gasteiger partial charge in [0.1, 0.15) is 28.9 Å². The zero-order valence-electron chi connectivity index (χ0n) is 22.4. The maximum atomic E-state index is 14.9. The number of aryl methyl sites for hydroxylation is 1. The zero-order chi connectivity index (χ0) is 28.4.